The first-order valence-electron chi connectivity index (χ1n) is 6.36. The van der Waals surface area contributed by atoms with Crippen molar-refractivity contribution in [2.45, 2.75) is 32.9 Å². The second-order valence-corrected chi connectivity index (χ2v) is 5.20. The number of carboxylic acids is 1. The molecule has 1 saturated heterocycles. The van der Waals surface area contributed by atoms with E-state index in [1.54, 1.807) is 6.92 Å². The van der Waals surface area contributed by atoms with Crippen LogP contribution in [0.15, 0.2) is 11.3 Å². The quantitative estimate of drug-likeness (QED) is 0.318. The molecule has 4 atom stereocenters. The number of aliphatic carboxylic acids is 1. The van der Waals surface area contributed by atoms with E-state index in [9.17, 15) is 24.6 Å². The first-order chi connectivity index (χ1) is 9.27. The Labute approximate surface area is 144 Å². The van der Waals surface area contributed by atoms with E-state index < -0.39 is 35.9 Å². The second-order valence-electron chi connectivity index (χ2n) is 5.20. The van der Waals surface area contributed by atoms with Gasteiger partial charge in [-0.05, 0) is 12.5 Å². The summed E-state index contributed by atoms with van der Waals surface area (Å²) in [5.74, 6) is -3.38. The zero-order valence-corrected chi connectivity index (χ0v) is 14.5. The molecule has 110 valence electrons. The summed E-state index contributed by atoms with van der Waals surface area (Å²) in [7, 11) is 0. The fraction of sp³-hybridized carbons (Fsp3) is 0.615. The molecule has 0 aromatic rings. The third kappa shape index (κ3) is 2.88. The molecule has 0 saturated carbocycles. The molecular weight excluding hydrogens is 289 g/mol. The summed E-state index contributed by atoms with van der Waals surface area (Å²) in [5.41, 5.74) is 0.118. The molecule has 0 unspecified atom stereocenters. The van der Waals surface area contributed by atoms with E-state index in [0.29, 0.717) is 5.57 Å². The van der Waals surface area contributed by atoms with Gasteiger partial charge < -0.3 is 24.6 Å². The number of ether oxygens (including phenoxy) is 1. The number of nitrogens with zero attached hydrogens (tertiary/aromatic N) is 1. The maximum absolute atomic E-state index is 12.0. The van der Waals surface area contributed by atoms with Crippen molar-refractivity contribution in [1.82, 2.24) is 4.90 Å². The number of carboxylic acid groups (broad SMARTS) is 1. The molecule has 0 spiro atoms. The van der Waals surface area contributed by atoms with E-state index in [0.717, 1.165) is 4.90 Å². The van der Waals surface area contributed by atoms with Crippen molar-refractivity contribution in [2.24, 2.45) is 11.8 Å². The molecule has 1 amide bonds. The van der Waals surface area contributed by atoms with Crippen LogP contribution in [0.4, 0.5) is 0 Å². The van der Waals surface area contributed by atoms with Crippen molar-refractivity contribution in [3.05, 3.63) is 11.3 Å². The van der Waals surface area contributed by atoms with Gasteiger partial charge in [0.05, 0.1) is 29.7 Å². The molecule has 0 aliphatic carbocycles. The largest absolute Gasteiger partial charge is 1.00 e. The predicted molar refractivity (Wildman–Crippen MR) is 63.6 cm³/mol. The van der Waals surface area contributed by atoms with Gasteiger partial charge in [0.25, 0.3) is 0 Å². The van der Waals surface area contributed by atoms with Crippen LogP contribution in [0.5, 0.6) is 0 Å². The molecule has 8 heteroatoms. The Morgan fingerprint density at radius 1 is 1.48 bits per heavy atom. The van der Waals surface area contributed by atoms with Crippen LogP contribution in [0, 0.1) is 11.8 Å². The summed E-state index contributed by atoms with van der Waals surface area (Å²) in [6, 6.07) is -0.416. The SMILES string of the molecule is CC(=O)OCC1=C(C(=O)[O-])N2C(=O)[C@H]([C@@H](C)O)[C@H]2[C@H]1C.[Na+]. The second kappa shape index (κ2) is 6.48. The number of fused-ring (bicyclic) bond motifs is 1. The molecule has 1 N–H and O–H groups in total. The van der Waals surface area contributed by atoms with E-state index in [1.807, 2.05) is 0 Å². The average Bonchev–Trinajstić information content (AvgIpc) is 2.56. The fourth-order valence-electron chi connectivity index (χ4n) is 3.00. The van der Waals surface area contributed by atoms with Gasteiger partial charge in [-0.15, -0.1) is 0 Å². The van der Waals surface area contributed by atoms with E-state index >= 15 is 0 Å². The van der Waals surface area contributed by atoms with Gasteiger partial charge in [-0.3, -0.25) is 9.59 Å². The fourth-order valence-corrected chi connectivity index (χ4v) is 3.00. The standard InChI is InChI=1S/C13H17NO6.Na/c1-5-8(4-20-7(3)16)11(13(18)19)14-10(5)9(6(2)15)12(14)17;/h5-6,9-10,15H,4H2,1-3H3,(H,18,19);/q;+1/p-1/t5-,6+,9+,10+;/m0./s1. The maximum atomic E-state index is 12.0. The smallest absolute Gasteiger partial charge is 0.543 e. The molecule has 1 fully saturated rings. The molecule has 7 nitrogen and oxygen atoms in total. The molecule has 2 aliphatic rings. The van der Waals surface area contributed by atoms with Gasteiger partial charge in [-0.25, -0.2) is 0 Å². The maximum Gasteiger partial charge on any atom is 1.00 e. The molecule has 2 rings (SSSR count). The van der Waals surface area contributed by atoms with Crippen molar-refractivity contribution in [2.75, 3.05) is 6.61 Å². The van der Waals surface area contributed by atoms with Crippen molar-refractivity contribution in [3.8, 4) is 0 Å². The normalized spacial score (nSPS) is 28.5. The number of hydrogen-bond donors (Lipinski definition) is 1. The van der Waals surface area contributed by atoms with Crippen molar-refractivity contribution in [3.63, 3.8) is 0 Å². The Bertz CT molecular complexity index is 515. The zero-order chi connectivity index (χ0) is 15.2. The molecule has 21 heavy (non-hydrogen) atoms. The van der Waals surface area contributed by atoms with Gasteiger partial charge >= 0.3 is 35.5 Å². The number of β-lactam (4-membered cyclic amide) rings is 1. The predicted octanol–water partition coefficient (Wildman–Crippen LogP) is -4.58. The van der Waals surface area contributed by atoms with Crippen LogP contribution in [0.3, 0.4) is 0 Å². The minimum atomic E-state index is -1.47. The third-order valence-corrected chi connectivity index (χ3v) is 3.94. The molecule has 0 aromatic heterocycles. The Balaban J connectivity index is 0.00000220. The van der Waals surface area contributed by atoms with E-state index in [1.165, 1.54) is 13.8 Å². The van der Waals surface area contributed by atoms with Crippen LogP contribution < -0.4 is 34.7 Å². The number of aliphatic hydroxyl groups excluding tert-OH is 1. The van der Waals surface area contributed by atoms with Gasteiger partial charge in [-0.1, -0.05) is 6.92 Å². The topological polar surface area (TPSA) is 107 Å². The number of carbonyl (C=O) groups is 3. The van der Waals surface area contributed by atoms with Crippen LogP contribution >= 0.6 is 0 Å². The van der Waals surface area contributed by atoms with Gasteiger partial charge in [0.2, 0.25) is 5.91 Å². The first kappa shape index (κ1) is 18.2. The third-order valence-electron chi connectivity index (χ3n) is 3.94. The van der Waals surface area contributed by atoms with Crippen molar-refractivity contribution in [1.29, 1.82) is 0 Å². The minimum absolute atomic E-state index is 0. The number of rotatable bonds is 4. The van der Waals surface area contributed by atoms with Crippen molar-refractivity contribution >= 4 is 17.8 Å². The average molecular weight is 305 g/mol. The van der Waals surface area contributed by atoms with E-state index in [2.05, 4.69) is 0 Å². The van der Waals surface area contributed by atoms with Gasteiger partial charge in [0.15, 0.2) is 0 Å². The minimum Gasteiger partial charge on any atom is -0.543 e. The van der Waals surface area contributed by atoms with E-state index in [-0.39, 0.29) is 47.8 Å². The summed E-state index contributed by atoms with van der Waals surface area (Å²) in [6.07, 6.45) is -0.859. The molecule has 2 aliphatic heterocycles. The molecule has 0 aromatic carbocycles. The number of amides is 1. The molecule has 2 heterocycles. The monoisotopic (exact) mass is 305 g/mol. The zero-order valence-electron chi connectivity index (χ0n) is 12.5. The number of aliphatic hydroxyl groups is 1. The van der Waals surface area contributed by atoms with Crippen LogP contribution in [-0.4, -0.2) is 46.6 Å². The van der Waals surface area contributed by atoms with Gasteiger partial charge in [0.1, 0.15) is 6.61 Å². The number of carbonyl (C=O) groups excluding carboxylic acids is 3. The Hall–Kier alpha value is -0.890. The summed E-state index contributed by atoms with van der Waals surface area (Å²) in [5, 5.41) is 20.9. The molecule has 0 radical (unpaired) electrons. The summed E-state index contributed by atoms with van der Waals surface area (Å²) < 4.78 is 4.84. The Morgan fingerprint density at radius 2 is 2.05 bits per heavy atom. The summed E-state index contributed by atoms with van der Waals surface area (Å²) >= 11 is 0. The Kier molecular flexibility index (Phi) is 5.60. The van der Waals surface area contributed by atoms with Crippen LogP contribution in [0.25, 0.3) is 0 Å². The Morgan fingerprint density at radius 3 is 2.48 bits per heavy atom. The van der Waals surface area contributed by atoms with Crippen LogP contribution in [0.2, 0.25) is 0 Å². The summed E-state index contributed by atoms with van der Waals surface area (Å²) in [4.78, 5) is 35.2. The van der Waals surface area contributed by atoms with Gasteiger partial charge in [0, 0.05) is 12.8 Å². The first-order valence-corrected chi connectivity index (χ1v) is 6.36. The van der Waals surface area contributed by atoms with Crippen molar-refractivity contribution < 1.29 is 58.9 Å². The van der Waals surface area contributed by atoms with Crippen LogP contribution in [0.1, 0.15) is 20.8 Å². The summed E-state index contributed by atoms with van der Waals surface area (Å²) in [6.45, 7) is 4.27. The van der Waals surface area contributed by atoms with E-state index in [4.69, 9.17) is 4.74 Å². The van der Waals surface area contributed by atoms with Gasteiger partial charge in [-0.2, -0.15) is 0 Å². The molecule has 0 bridgehead atoms. The number of hydrogen-bond acceptors (Lipinski definition) is 6. The molecular formula is C13H16NNaO6. The number of esters is 1. The van der Waals surface area contributed by atoms with Crippen LogP contribution in [-0.2, 0) is 19.1 Å².